The number of anilines is 1. The van der Waals surface area contributed by atoms with Gasteiger partial charge in [0.1, 0.15) is 12.4 Å². The summed E-state index contributed by atoms with van der Waals surface area (Å²) in [6, 6.07) is 15.1. The van der Waals surface area contributed by atoms with Crippen molar-refractivity contribution in [1.82, 2.24) is 0 Å². The third kappa shape index (κ3) is 3.74. The Morgan fingerprint density at radius 1 is 1.17 bits per heavy atom. The molecule has 5 nitrogen and oxygen atoms in total. The van der Waals surface area contributed by atoms with E-state index >= 15 is 0 Å². The van der Waals surface area contributed by atoms with Gasteiger partial charge in [0, 0.05) is 11.8 Å². The van der Waals surface area contributed by atoms with Crippen molar-refractivity contribution in [2.75, 3.05) is 5.32 Å². The molecule has 0 saturated heterocycles. The molecule has 2 aromatic rings. The number of hydrogen-bond donors (Lipinski definition) is 2. The molecule has 2 aromatic carbocycles. The Kier molecular flexibility index (Phi) is 4.51. The summed E-state index contributed by atoms with van der Waals surface area (Å²) in [5.41, 5.74) is 2.88. The lowest BCUT2D eigenvalue weighted by molar-refractivity contribution is -0.139. The second-order valence-electron chi connectivity index (χ2n) is 6.02. The average Bonchev–Trinajstić information content (AvgIpc) is 3.35. The average molecular weight is 325 g/mol. The molecule has 2 unspecified atom stereocenters. The molecule has 0 spiro atoms. The van der Waals surface area contributed by atoms with Crippen molar-refractivity contribution in [2.45, 2.75) is 20.0 Å². The van der Waals surface area contributed by atoms with E-state index in [1.54, 1.807) is 18.2 Å². The van der Waals surface area contributed by atoms with Gasteiger partial charge in [-0.05, 0) is 36.6 Å². The van der Waals surface area contributed by atoms with Crippen molar-refractivity contribution in [3.63, 3.8) is 0 Å². The van der Waals surface area contributed by atoms with E-state index in [4.69, 9.17) is 9.84 Å². The number of rotatable bonds is 6. The molecule has 24 heavy (non-hydrogen) atoms. The van der Waals surface area contributed by atoms with Crippen LogP contribution >= 0.6 is 0 Å². The monoisotopic (exact) mass is 325 g/mol. The topological polar surface area (TPSA) is 75.6 Å². The van der Waals surface area contributed by atoms with Crippen LogP contribution in [-0.2, 0) is 16.2 Å². The summed E-state index contributed by atoms with van der Waals surface area (Å²) in [6.45, 7) is 2.48. The van der Waals surface area contributed by atoms with E-state index in [0.717, 1.165) is 11.1 Å². The van der Waals surface area contributed by atoms with E-state index in [1.807, 2.05) is 37.3 Å². The van der Waals surface area contributed by atoms with E-state index in [-0.39, 0.29) is 5.91 Å². The van der Waals surface area contributed by atoms with Crippen LogP contribution < -0.4 is 10.1 Å². The molecule has 2 N–H and O–H groups in total. The van der Waals surface area contributed by atoms with Gasteiger partial charge in [-0.15, -0.1) is 0 Å². The molecular weight excluding hydrogens is 306 g/mol. The minimum absolute atomic E-state index is 0.251. The number of amides is 1. The van der Waals surface area contributed by atoms with Crippen molar-refractivity contribution >= 4 is 17.6 Å². The quantitative estimate of drug-likeness (QED) is 0.855. The highest BCUT2D eigenvalue weighted by Gasteiger charge is 2.48. The van der Waals surface area contributed by atoms with Gasteiger partial charge >= 0.3 is 5.97 Å². The minimum atomic E-state index is -0.912. The van der Waals surface area contributed by atoms with Gasteiger partial charge in [-0.1, -0.05) is 30.3 Å². The van der Waals surface area contributed by atoms with Crippen LogP contribution in [0.2, 0.25) is 0 Å². The van der Waals surface area contributed by atoms with Gasteiger partial charge in [0.15, 0.2) is 0 Å². The Labute approximate surface area is 140 Å². The molecule has 1 amide bonds. The standard InChI is InChI=1S/C19H19NO4/c1-12-5-2-3-6-13(12)11-24-15-8-4-7-14(9-15)20-18(21)16-10-17(16)19(22)23/h2-9,16-17H,10-11H2,1H3,(H,20,21)(H,22,23). The number of hydrogen-bond acceptors (Lipinski definition) is 3. The molecule has 0 heterocycles. The third-order valence-corrected chi connectivity index (χ3v) is 4.20. The fraction of sp³-hybridized carbons (Fsp3) is 0.263. The summed E-state index contributed by atoms with van der Waals surface area (Å²) in [6.07, 6.45) is 0.407. The fourth-order valence-electron chi connectivity index (χ4n) is 2.59. The first kappa shape index (κ1) is 16.1. The number of benzene rings is 2. The predicted octanol–water partition coefficient (Wildman–Crippen LogP) is 3.23. The van der Waals surface area contributed by atoms with Gasteiger partial charge in [-0.2, -0.15) is 0 Å². The zero-order valence-electron chi connectivity index (χ0n) is 13.4. The largest absolute Gasteiger partial charge is 0.489 e. The van der Waals surface area contributed by atoms with Crippen molar-refractivity contribution in [3.05, 3.63) is 59.7 Å². The Hall–Kier alpha value is -2.82. The highest BCUT2D eigenvalue weighted by Crippen LogP contribution is 2.39. The number of nitrogens with one attached hydrogen (secondary N) is 1. The normalized spacial score (nSPS) is 18.7. The van der Waals surface area contributed by atoms with Gasteiger partial charge in [-0.25, -0.2) is 0 Å². The SMILES string of the molecule is Cc1ccccc1COc1cccc(NC(=O)C2CC2C(=O)O)c1. The lowest BCUT2D eigenvalue weighted by Crippen LogP contribution is -2.16. The molecule has 0 aromatic heterocycles. The van der Waals surface area contributed by atoms with E-state index < -0.39 is 17.8 Å². The molecule has 0 radical (unpaired) electrons. The van der Waals surface area contributed by atoms with E-state index in [0.29, 0.717) is 24.5 Å². The zero-order valence-corrected chi connectivity index (χ0v) is 13.4. The summed E-state index contributed by atoms with van der Waals surface area (Å²) in [7, 11) is 0. The lowest BCUT2D eigenvalue weighted by atomic mass is 10.1. The van der Waals surface area contributed by atoms with E-state index in [9.17, 15) is 9.59 Å². The van der Waals surface area contributed by atoms with Crippen LogP contribution in [0.3, 0.4) is 0 Å². The first-order chi connectivity index (χ1) is 11.5. The molecule has 1 saturated carbocycles. The Morgan fingerprint density at radius 2 is 1.96 bits per heavy atom. The van der Waals surface area contributed by atoms with Gasteiger partial charge in [-0.3, -0.25) is 9.59 Å². The Bertz CT molecular complexity index is 771. The van der Waals surface area contributed by atoms with Crippen LogP contribution in [0.5, 0.6) is 5.75 Å². The first-order valence-corrected chi connectivity index (χ1v) is 7.85. The van der Waals surface area contributed by atoms with Crippen LogP contribution in [0.4, 0.5) is 5.69 Å². The van der Waals surface area contributed by atoms with Crippen molar-refractivity contribution in [1.29, 1.82) is 0 Å². The molecule has 5 heteroatoms. The molecular formula is C19H19NO4. The van der Waals surface area contributed by atoms with E-state index in [1.165, 1.54) is 0 Å². The molecule has 1 aliphatic carbocycles. The molecule has 3 rings (SSSR count). The number of ether oxygens (including phenoxy) is 1. The minimum Gasteiger partial charge on any atom is -0.489 e. The second-order valence-corrected chi connectivity index (χ2v) is 6.02. The smallest absolute Gasteiger partial charge is 0.307 e. The molecule has 0 aliphatic heterocycles. The van der Waals surface area contributed by atoms with Crippen LogP contribution in [0.15, 0.2) is 48.5 Å². The highest BCUT2D eigenvalue weighted by atomic mass is 16.5. The first-order valence-electron chi connectivity index (χ1n) is 7.85. The van der Waals surface area contributed by atoms with Crippen molar-refractivity contribution in [2.24, 2.45) is 11.8 Å². The highest BCUT2D eigenvalue weighted by molar-refractivity contribution is 5.98. The van der Waals surface area contributed by atoms with Crippen LogP contribution in [0.1, 0.15) is 17.5 Å². The van der Waals surface area contributed by atoms with Crippen molar-refractivity contribution < 1.29 is 19.4 Å². The van der Waals surface area contributed by atoms with Gasteiger partial charge < -0.3 is 15.2 Å². The fourth-order valence-corrected chi connectivity index (χ4v) is 2.59. The Balaban J connectivity index is 1.59. The summed E-state index contributed by atoms with van der Waals surface area (Å²) in [5.74, 6) is -1.49. The zero-order chi connectivity index (χ0) is 17.1. The maximum absolute atomic E-state index is 12.0. The summed E-state index contributed by atoms with van der Waals surface area (Å²) < 4.78 is 5.79. The number of aryl methyl sites for hydroxylation is 1. The third-order valence-electron chi connectivity index (χ3n) is 4.20. The molecule has 1 aliphatic rings. The summed E-state index contributed by atoms with van der Waals surface area (Å²) in [4.78, 5) is 22.8. The number of aliphatic carboxylic acids is 1. The van der Waals surface area contributed by atoms with Gasteiger partial charge in [0.2, 0.25) is 5.91 Å². The van der Waals surface area contributed by atoms with Crippen LogP contribution in [-0.4, -0.2) is 17.0 Å². The summed E-state index contributed by atoms with van der Waals surface area (Å²) >= 11 is 0. The molecule has 124 valence electrons. The number of carboxylic acids is 1. The Morgan fingerprint density at radius 3 is 2.67 bits per heavy atom. The maximum atomic E-state index is 12.0. The number of carbonyl (C=O) groups excluding carboxylic acids is 1. The second kappa shape index (κ2) is 6.74. The van der Waals surface area contributed by atoms with Gasteiger partial charge in [0.25, 0.3) is 0 Å². The van der Waals surface area contributed by atoms with Crippen LogP contribution in [0.25, 0.3) is 0 Å². The van der Waals surface area contributed by atoms with Crippen LogP contribution in [0, 0.1) is 18.8 Å². The number of carbonyl (C=O) groups is 2. The number of carboxylic acid groups (broad SMARTS) is 1. The lowest BCUT2D eigenvalue weighted by Gasteiger charge is -2.10. The van der Waals surface area contributed by atoms with Crippen molar-refractivity contribution in [3.8, 4) is 5.75 Å². The maximum Gasteiger partial charge on any atom is 0.307 e. The summed E-state index contributed by atoms with van der Waals surface area (Å²) in [5, 5.41) is 11.6. The van der Waals surface area contributed by atoms with E-state index in [2.05, 4.69) is 5.32 Å². The predicted molar refractivity (Wildman–Crippen MR) is 89.8 cm³/mol. The molecule has 2 atom stereocenters. The van der Waals surface area contributed by atoms with Gasteiger partial charge in [0.05, 0.1) is 11.8 Å². The molecule has 0 bridgehead atoms. The molecule has 1 fully saturated rings.